The molecule has 2 fully saturated rings. The fourth-order valence-electron chi connectivity index (χ4n) is 4.71. The third-order valence-electron chi connectivity index (χ3n) is 6.78. The summed E-state index contributed by atoms with van der Waals surface area (Å²) < 4.78 is 55.9. The van der Waals surface area contributed by atoms with E-state index < -0.39 is 48.1 Å². The number of halogens is 2. The van der Waals surface area contributed by atoms with E-state index in [-0.39, 0.29) is 35.3 Å². The highest BCUT2D eigenvalue weighted by Gasteiger charge is 2.96. The monoisotopic (exact) mass is 599 g/mol. The Kier molecular flexibility index (Phi) is 7.00. The first-order valence-corrected chi connectivity index (χ1v) is 14.9. The van der Waals surface area contributed by atoms with E-state index in [2.05, 4.69) is 25.4 Å². The molecule has 17 heteroatoms. The maximum absolute atomic E-state index is 16.5. The molecule has 7 atom stereocenters. The number of alkyl halides is 2. The number of benzene rings is 1. The second kappa shape index (κ2) is 9.82. The highest BCUT2D eigenvalue weighted by atomic mass is 32.5. The first-order chi connectivity index (χ1) is 18.8. The van der Waals surface area contributed by atoms with Crippen LogP contribution in [0.15, 0.2) is 36.7 Å². The number of hydrogen-bond donors (Lipinski definition) is 4. The van der Waals surface area contributed by atoms with Crippen molar-refractivity contribution in [1.82, 2.24) is 24.6 Å². The number of imidazole rings is 1. The number of nitrogen functional groups attached to an aromatic ring is 1. The molecule has 3 heterocycles. The zero-order valence-electron chi connectivity index (χ0n) is 21.9. The van der Waals surface area contributed by atoms with Crippen molar-refractivity contribution in [1.29, 1.82) is 0 Å². The fraction of sp³-hybridized carbons (Fsp3) is 0.478. The Morgan fingerprint density at radius 1 is 1.35 bits per heavy atom. The molecule has 5 rings (SSSR count). The lowest BCUT2D eigenvalue weighted by atomic mass is 9.97. The Morgan fingerprint density at radius 3 is 2.65 bits per heavy atom. The molecule has 1 aliphatic carbocycles. The van der Waals surface area contributed by atoms with Crippen LogP contribution in [0.2, 0.25) is 0 Å². The summed E-state index contributed by atoms with van der Waals surface area (Å²) in [5, 5.41) is 16.9. The summed E-state index contributed by atoms with van der Waals surface area (Å²) in [6.07, 6.45) is -2.45. The van der Waals surface area contributed by atoms with Gasteiger partial charge in [0, 0.05) is 7.05 Å². The highest BCUT2D eigenvalue weighted by Crippen LogP contribution is 2.73. The lowest BCUT2D eigenvalue weighted by molar-refractivity contribution is -0.155. The lowest BCUT2D eigenvalue weighted by Gasteiger charge is -2.32. The van der Waals surface area contributed by atoms with E-state index in [1.807, 2.05) is 0 Å². The van der Waals surface area contributed by atoms with Gasteiger partial charge in [-0.3, -0.25) is 13.9 Å². The van der Waals surface area contributed by atoms with Gasteiger partial charge in [-0.25, -0.2) is 18.9 Å². The standard InChI is InChI=1S/C23H28F2N7O6PS/c1-5-35-17(33)12(2)31-39(40,37-13-9-7-6-8-10-13)38-18-22(34)21(3,24)19(36-23(18,22)25)32-11-28-14-15(27-4)29-20(26)30-16(14)32/h6-12,18-19,34H,5H2,1-4H3,(H,31,40)(H3,26,27,29,30)/t12-,18?,19+,21-,22-,23+,39?/m0/s1. The molecule has 5 N–H and O–H groups in total. The van der Waals surface area contributed by atoms with Crippen LogP contribution < -0.4 is 20.7 Å². The van der Waals surface area contributed by atoms with Crippen LogP contribution >= 0.6 is 6.64 Å². The van der Waals surface area contributed by atoms with E-state index in [0.29, 0.717) is 0 Å². The largest absolute Gasteiger partial charge is 0.465 e. The van der Waals surface area contributed by atoms with Gasteiger partial charge in [-0.1, -0.05) is 18.2 Å². The summed E-state index contributed by atoms with van der Waals surface area (Å²) in [7, 11) is 1.58. The molecule has 0 bridgehead atoms. The average Bonchev–Trinajstić information content (AvgIpc) is 3.14. The molecule has 1 aromatic carbocycles. The molecular formula is C23H28F2N7O6PS. The first-order valence-electron chi connectivity index (χ1n) is 12.2. The zero-order valence-corrected chi connectivity index (χ0v) is 23.6. The van der Waals surface area contributed by atoms with Crippen LogP contribution in [0.3, 0.4) is 0 Å². The quantitative estimate of drug-likeness (QED) is 0.198. The number of anilines is 2. The number of aromatic nitrogens is 4. The van der Waals surface area contributed by atoms with Crippen LogP contribution in [0.5, 0.6) is 5.75 Å². The second-order valence-corrected chi connectivity index (χ2v) is 12.5. The van der Waals surface area contributed by atoms with Gasteiger partial charge in [0.1, 0.15) is 11.8 Å². The van der Waals surface area contributed by atoms with Crippen LogP contribution in [-0.2, 0) is 30.6 Å². The molecule has 2 unspecified atom stereocenters. The Bertz CT molecular complexity index is 1500. The van der Waals surface area contributed by atoms with E-state index in [1.165, 1.54) is 13.3 Å². The van der Waals surface area contributed by atoms with Gasteiger partial charge in [-0.2, -0.15) is 9.97 Å². The average molecular weight is 600 g/mol. The molecule has 0 amide bonds. The summed E-state index contributed by atoms with van der Waals surface area (Å²) in [4.78, 5) is 24.6. The molecule has 0 spiro atoms. The van der Waals surface area contributed by atoms with Gasteiger partial charge in [0.15, 0.2) is 40.6 Å². The number of esters is 1. The number of carbonyl (C=O) groups excluding carboxylic acids is 1. The Hall–Kier alpha value is -3.01. The number of ether oxygens (including phenoxy) is 2. The molecular weight excluding hydrogens is 571 g/mol. The highest BCUT2D eigenvalue weighted by molar-refractivity contribution is 8.09. The van der Waals surface area contributed by atoms with Gasteiger partial charge < -0.3 is 30.2 Å². The molecule has 2 aromatic heterocycles. The summed E-state index contributed by atoms with van der Waals surface area (Å²) in [5.41, 5.74) is 0.452. The van der Waals surface area contributed by atoms with Crippen LogP contribution in [0.4, 0.5) is 20.5 Å². The number of fused-ring (bicyclic) bond motifs is 2. The number of hydrogen-bond acceptors (Lipinski definition) is 12. The minimum Gasteiger partial charge on any atom is -0.465 e. The van der Waals surface area contributed by atoms with Gasteiger partial charge in [0.05, 0.1) is 12.9 Å². The summed E-state index contributed by atoms with van der Waals surface area (Å²) >= 11 is 5.59. The lowest BCUT2D eigenvalue weighted by Crippen LogP contribution is -2.45. The Balaban J connectivity index is 1.45. The normalized spacial score (nSPS) is 31.3. The summed E-state index contributed by atoms with van der Waals surface area (Å²) in [5.74, 6) is -3.34. The molecule has 0 radical (unpaired) electrons. The number of nitrogens with zero attached hydrogens (tertiary/aromatic N) is 4. The van der Waals surface area contributed by atoms with Crippen LogP contribution in [0, 0.1) is 0 Å². The van der Waals surface area contributed by atoms with Crippen molar-refractivity contribution in [2.24, 2.45) is 0 Å². The molecule has 1 saturated carbocycles. The SMILES string of the molecule is CCOC(=O)[C@H](C)NP(=S)(Oc1ccccc1)OC1[C@]2(O)[C@@](C)(F)[C@H](n3cnc4c(NC)nc(N)nc43)O[C@]12F. The van der Waals surface area contributed by atoms with Crippen molar-refractivity contribution in [2.75, 3.05) is 24.7 Å². The van der Waals surface area contributed by atoms with Crippen molar-refractivity contribution >= 4 is 47.3 Å². The molecule has 1 saturated heterocycles. The van der Waals surface area contributed by atoms with Gasteiger partial charge in [-0.15, -0.1) is 0 Å². The van der Waals surface area contributed by atoms with Crippen molar-refractivity contribution in [3.8, 4) is 5.75 Å². The van der Waals surface area contributed by atoms with E-state index in [0.717, 1.165) is 11.5 Å². The summed E-state index contributed by atoms with van der Waals surface area (Å²) in [6.45, 7) is 0.325. The van der Waals surface area contributed by atoms with E-state index in [1.54, 1.807) is 44.3 Å². The summed E-state index contributed by atoms with van der Waals surface area (Å²) in [6, 6.07) is 7.16. The molecule has 216 valence electrons. The number of aliphatic hydroxyl groups is 1. The fourth-order valence-corrected chi connectivity index (χ4v) is 7.40. The van der Waals surface area contributed by atoms with Crippen LogP contribution in [0.1, 0.15) is 27.0 Å². The molecule has 2 aliphatic rings. The van der Waals surface area contributed by atoms with Gasteiger partial charge in [0.25, 0.3) is 5.85 Å². The van der Waals surface area contributed by atoms with E-state index in [9.17, 15) is 9.90 Å². The van der Waals surface area contributed by atoms with Gasteiger partial charge in [0.2, 0.25) is 5.95 Å². The maximum atomic E-state index is 16.5. The second-order valence-electron chi connectivity index (χ2n) is 9.45. The maximum Gasteiger partial charge on any atom is 0.323 e. The molecule has 3 aromatic rings. The van der Waals surface area contributed by atoms with Gasteiger partial charge in [-0.05, 0) is 44.7 Å². The molecule has 13 nitrogen and oxygen atoms in total. The number of carbonyl (C=O) groups is 1. The number of rotatable bonds is 10. The Morgan fingerprint density at radius 2 is 2.05 bits per heavy atom. The number of nitrogens with one attached hydrogen (secondary N) is 2. The zero-order chi connectivity index (χ0) is 29.1. The third kappa shape index (κ3) is 4.30. The Labute approximate surface area is 232 Å². The third-order valence-corrected chi connectivity index (χ3v) is 9.22. The topological polar surface area (TPSA) is 168 Å². The molecule has 40 heavy (non-hydrogen) atoms. The van der Waals surface area contributed by atoms with Crippen molar-refractivity contribution < 1.29 is 37.2 Å². The first kappa shape index (κ1) is 28.5. The smallest absolute Gasteiger partial charge is 0.323 e. The van der Waals surface area contributed by atoms with E-state index in [4.69, 9.17) is 36.1 Å². The van der Waals surface area contributed by atoms with Crippen molar-refractivity contribution in [2.45, 2.75) is 56.3 Å². The van der Waals surface area contributed by atoms with Crippen LogP contribution in [0.25, 0.3) is 11.2 Å². The molecule has 1 aliphatic heterocycles. The van der Waals surface area contributed by atoms with Crippen molar-refractivity contribution in [3.05, 3.63) is 36.7 Å². The number of para-hydroxylation sites is 1. The minimum absolute atomic E-state index is 0.0548. The van der Waals surface area contributed by atoms with Crippen LogP contribution in [-0.4, -0.2) is 73.5 Å². The predicted molar refractivity (Wildman–Crippen MR) is 143 cm³/mol. The number of nitrogens with two attached hydrogens (primary N) is 1. The predicted octanol–water partition coefficient (Wildman–Crippen LogP) is 2.35. The van der Waals surface area contributed by atoms with Gasteiger partial charge >= 0.3 is 12.6 Å². The minimum atomic E-state index is -3.83. The van der Waals surface area contributed by atoms with Crippen molar-refractivity contribution in [3.63, 3.8) is 0 Å². The van der Waals surface area contributed by atoms with E-state index >= 15 is 8.78 Å².